The average molecular weight is 1150 g/mol. The second-order valence-corrected chi connectivity index (χ2v) is 22.4. The fraction of sp³-hybridized carbons (Fsp3) is 0.924. The Bertz CT molecular complexity index is 1310. The summed E-state index contributed by atoms with van der Waals surface area (Å²) in [4.78, 5) is 29.4. The quantitative estimate of drug-likeness (QED) is 0.0170. The number of nitrogens with one attached hydrogen (secondary N) is 2. The normalized spacial score (nSPS) is 11.9. The number of amidine groups is 1. The molecule has 0 amide bonds. The van der Waals surface area contributed by atoms with Gasteiger partial charge >= 0.3 is 0 Å². The first-order valence-corrected chi connectivity index (χ1v) is 34.3. The van der Waals surface area contributed by atoms with Gasteiger partial charge in [-0.25, -0.2) is 0 Å². The summed E-state index contributed by atoms with van der Waals surface area (Å²) >= 11 is 0. The fourth-order valence-electron chi connectivity index (χ4n) is 8.67. The van der Waals surface area contributed by atoms with E-state index in [1.54, 1.807) is 6.92 Å². The third-order valence-electron chi connectivity index (χ3n) is 14.1. The molecule has 1 rings (SSSR count). The molecule has 0 aliphatic carbocycles. The van der Waals surface area contributed by atoms with Gasteiger partial charge in [0.05, 0.1) is 6.54 Å². The number of rotatable bonds is 46. The molecule has 0 saturated heterocycles. The average Bonchev–Trinajstić information content (AvgIpc) is 3.84. The summed E-state index contributed by atoms with van der Waals surface area (Å²) in [5.74, 6) is 3.82. The zero-order chi connectivity index (χ0) is 61.3. The summed E-state index contributed by atoms with van der Waals surface area (Å²) in [6, 6.07) is 0. The largest absolute Gasteiger partial charge is 0.398 e. The van der Waals surface area contributed by atoms with Crippen molar-refractivity contribution in [1.82, 2.24) is 29.8 Å². The van der Waals surface area contributed by atoms with E-state index in [2.05, 4.69) is 121 Å². The number of aliphatic imine (C=N–C) groups is 3. The number of hydrogen-bond acceptors (Lipinski definition) is 8. The first-order chi connectivity index (χ1) is 39.3. The van der Waals surface area contributed by atoms with Crippen molar-refractivity contribution in [3.8, 4) is 0 Å². The van der Waals surface area contributed by atoms with Gasteiger partial charge < -0.3 is 51.9 Å². The van der Waals surface area contributed by atoms with Crippen LogP contribution in [0.4, 0.5) is 0 Å². The van der Waals surface area contributed by atoms with Gasteiger partial charge in [-0.3, -0.25) is 20.4 Å². The van der Waals surface area contributed by atoms with Crippen LogP contribution in [0.2, 0.25) is 0 Å². The van der Waals surface area contributed by atoms with E-state index in [-0.39, 0.29) is 0 Å². The predicted molar refractivity (Wildman–Crippen MR) is 364 cm³/mol. The van der Waals surface area contributed by atoms with Crippen LogP contribution >= 0.6 is 0 Å². The SMILES string of the molecule is CCCCCCCCCCN=C(N)NCCCCCCCCCC.CCCCN(CCCC)C(=N)N(CCCC)CCCC.CCCCN=C(N(CCCC)CCCC)N(CCCC)CCCC.CN1CCN=C1N.CO/N=C(/C)N. The summed E-state index contributed by atoms with van der Waals surface area (Å²) in [6.07, 6.45) is 43.7. The van der Waals surface area contributed by atoms with Gasteiger partial charge in [0.2, 0.25) is 0 Å². The molecule has 1 aliphatic heterocycles. The Morgan fingerprint density at radius 1 is 0.481 bits per heavy atom. The fourth-order valence-corrected chi connectivity index (χ4v) is 8.67. The van der Waals surface area contributed by atoms with Gasteiger partial charge in [0.25, 0.3) is 0 Å². The van der Waals surface area contributed by atoms with Gasteiger partial charge in [0, 0.05) is 85.6 Å². The lowest BCUT2D eigenvalue weighted by atomic mass is 10.1. The molecule has 484 valence electrons. The van der Waals surface area contributed by atoms with Gasteiger partial charge in [0.1, 0.15) is 12.9 Å². The second-order valence-electron chi connectivity index (χ2n) is 22.4. The lowest BCUT2D eigenvalue weighted by molar-refractivity contribution is 0.213. The third kappa shape index (κ3) is 59.3. The van der Waals surface area contributed by atoms with Crippen LogP contribution in [-0.2, 0) is 4.84 Å². The smallest absolute Gasteiger partial charge is 0.196 e. The molecule has 0 spiro atoms. The van der Waals surface area contributed by atoms with Crippen molar-refractivity contribution in [2.75, 3.05) is 99.2 Å². The van der Waals surface area contributed by atoms with E-state index in [4.69, 9.17) is 27.6 Å². The third-order valence-corrected chi connectivity index (χ3v) is 14.1. The molecule has 0 unspecified atom stereocenters. The second kappa shape index (κ2) is 68.8. The maximum atomic E-state index is 8.57. The van der Waals surface area contributed by atoms with Gasteiger partial charge in [-0.1, -0.05) is 229 Å². The molecule has 1 heterocycles. The summed E-state index contributed by atoms with van der Waals surface area (Å²) in [7, 11) is 3.39. The van der Waals surface area contributed by atoms with Crippen molar-refractivity contribution < 1.29 is 4.84 Å². The molecule has 15 nitrogen and oxygen atoms in total. The van der Waals surface area contributed by atoms with Crippen LogP contribution in [0.25, 0.3) is 0 Å². The number of oxime groups is 1. The molecule has 0 bridgehead atoms. The highest BCUT2D eigenvalue weighted by Gasteiger charge is 2.18. The minimum Gasteiger partial charge on any atom is -0.398 e. The number of unbranched alkanes of at least 4 members (excludes halogenated alkanes) is 23. The zero-order valence-corrected chi connectivity index (χ0v) is 56.9. The summed E-state index contributed by atoms with van der Waals surface area (Å²) < 4.78 is 0. The molecule has 0 fully saturated rings. The molecular weight excluding hydrogens is 1000 g/mol. The molecule has 1 aliphatic rings. The van der Waals surface area contributed by atoms with Gasteiger partial charge in [0.15, 0.2) is 23.8 Å². The summed E-state index contributed by atoms with van der Waals surface area (Å²) in [5.41, 5.74) is 16.3. The zero-order valence-electron chi connectivity index (χ0n) is 56.9. The predicted octanol–water partition coefficient (Wildman–Crippen LogP) is 16.0. The monoisotopic (exact) mass is 1150 g/mol. The lowest BCUT2D eigenvalue weighted by Gasteiger charge is -2.35. The molecule has 0 atom stereocenters. The molecule has 81 heavy (non-hydrogen) atoms. The first-order valence-electron chi connectivity index (χ1n) is 34.3. The van der Waals surface area contributed by atoms with Crippen molar-refractivity contribution >= 4 is 29.7 Å². The van der Waals surface area contributed by atoms with Gasteiger partial charge in [-0.2, -0.15) is 0 Å². The van der Waals surface area contributed by atoms with Crippen LogP contribution < -0.4 is 22.5 Å². The van der Waals surface area contributed by atoms with E-state index in [0.717, 1.165) is 91.0 Å². The summed E-state index contributed by atoms with van der Waals surface area (Å²) in [5, 5.41) is 15.1. The number of likely N-dealkylation sites (N-methyl/N-ethyl adjacent to an activating group) is 1. The Labute approximate surface area is 505 Å². The maximum absolute atomic E-state index is 8.57. The van der Waals surface area contributed by atoms with Crippen LogP contribution in [0, 0.1) is 5.41 Å². The van der Waals surface area contributed by atoms with Gasteiger partial charge in [-0.05, 0) is 77.6 Å². The van der Waals surface area contributed by atoms with Crippen molar-refractivity contribution in [2.24, 2.45) is 37.3 Å². The molecule has 8 N–H and O–H groups in total. The van der Waals surface area contributed by atoms with E-state index in [1.165, 1.54) is 231 Å². The van der Waals surface area contributed by atoms with Crippen LogP contribution in [0.3, 0.4) is 0 Å². The van der Waals surface area contributed by atoms with E-state index >= 15 is 0 Å². The Kier molecular flexibility index (Phi) is 71.2. The topological polar surface area (TPSA) is 189 Å². The molecule has 0 saturated carbocycles. The number of nitrogens with two attached hydrogens (primary N) is 3. The molecule has 0 radical (unpaired) electrons. The Hall–Kier alpha value is -3.65. The molecule has 0 aromatic carbocycles. The summed E-state index contributed by atoms with van der Waals surface area (Å²) in [6.45, 7) is 40.0. The Balaban J connectivity index is -0.000000493. The van der Waals surface area contributed by atoms with E-state index in [0.29, 0.717) is 17.8 Å². The Morgan fingerprint density at radius 3 is 1.09 bits per heavy atom. The minimum absolute atomic E-state index is 0.442. The standard InChI is InChI=1S/2C21H45N3.C17H37N3.C4H9N3.C3H8N2O/c1-6-11-16-22-21(23(17-12-7-2)18-13-8-3)24(19-14-9-4)20-15-10-5;1-3-5-7-9-11-13-15-17-19-23-21(22)24-20-18-16-14-12-10-8-6-4-2;1-5-9-13-19(14-10-6-2)17(18)20(15-11-7-3)16-12-8-4;1-7-3-2-6-4(7)5;1-3(4)5-6-2/h6-20H2,1-5H3;3-20H2,1-2H3,(H3,22,23,24);18H,5-16H2,1-4H3;2-3H2,1H3,(H2,5,6);1-2H3,(H2,4,5). The van der Waals surface area contributed by atoms with E-state index in [9.17, 15) is 0 Å². The first kappa shape index (κ1) is 83.8. The van der Waals surface area contributed by atoms with E-state index in [1.807, 2.05) is 11.9 Å². The molecule has 0 aromatic rings. The highest BCUT2D eigenvalue weighted by Crippen LogP contribution is 2.12. The minimum atomic E-state index is 0.442. The van der Waals surface area contributed by atoms with Crippen molar-refractivity contribution in [2.45, 2.75) is 301 Å². The highest BCUT2D eigenvalue weighted by atomic mass is 16.6. The van der Waals surface area contributed by atoms with Crippen LogP contribution in [0.5, 0.6) is 0 Å². The number of hydrogen-bond donors (Lipinski definition) is 5. The lowest BCUT2D eigenvalue weighted by Crippen LogP contribution is -2.46. The molecule has 0 aromatic heterocycles. The van der Waals surface area contributed by atoms with Crippen LogP contribution in [0.15, 0.2) is 20.1 Å². The van der Waals surface area contributed by atoms with E-state index < -0.39 is 0 Å². The molecular formula is C66H144N14O. The van der Waals surface area contributed by atoms with Gasteiger partial charge in [-0.15, -0.1) is 0 Å². The van der Waals surface area contributed by atoms with Crippen molar-refractivity contribution in [3.05, 3.63) is 0 Å². The van der Waals surface area contributed by atoms with Crippen molar-refractivity contribution in [3.63, 3.8) is 0 Å². The Morgan fingerprint density at radius 2 is 0.802 bits per heavy atom. The van der Waals surface area contributed by atoms with Crippen molar-refractivity contribution in [1.29, 1.82) is 5.41 Å². The number of guanidine groups is 4. The van der Waals surface area contributed by atoms with Crippen LogP contribution in [-0.4, -0.2) is 153 Å². The molecule has 15 heteroatoms. The highest BCUT2D eigenvalue weighted by molar-refractivity contribution is 5.80. The van der Waals surface area contributed by atoms with Crippen LogP contribution in [0.1, 0.15) is 301 Å². The maximum Gasteiger partial charge on any atom is 0.196 e. The number of nitrogens with zero attached hydrogens (tertiary/aromatic N) is 9.